The highest BCUT2D eigenvalue weighted by atomic mass is 16.5. The molecule has 26 heavy (non-hydrogen) atoms. The van der Waals surface area contributed by atoms with Gasteiger partial charge in [-0.15, -0.1) is 0 Å². The molecule has 1 aliphatic heterocycles. The SMILES string of the molecule is CCCCn1c(C)c(CC(=O)N(C)C2CCOCC2)c2c1CCCC2=O. The van der Waals surface area contributed by atoms with Crippen molar-refractivity contribution in [2.75, 3.05) is 20.3 Å². The second-order valence-electron chi connectivity index (χ2n) is 7.69. The highest BCUT2D eigenvalue weighted by molar-refractivity contribution is 6.01. The molecule has 3 rings (SSSR count). The molecule has 1 aromatic heterocycles. The second kappa shape index (κ2) is 8.38. The van der Waals surface area contributed by atoms with Crippen LogP contribution in [0.15, 0.2) is 0 Å². The molecular formula is C21H32N2O3. The summed E-state index contributed by atoms with van der Waals surface area (Å²) in [5, 5.41) is 0. The number of unbranched alkanes of at least 4 members (excludes halogenated alkanes) is 1. The van der Waals surface area contributed by atoms with Crippen molar-refractivity contribution in [1.29, 1.82) is 0 Å². The average Bonchev–Trinajstić information content (AvgIpc) is 2.92. The first-order chi connectivity index (χ1) is 12.5. The lowest BCUT2D eigenvalue weighted by Gasteiger charge is -2.31. The molecule has 0 bridgehead atoms. The van der Waals surface area contributed by atoms with E-state index in [0.717, 1.165) is 75.1 Å². The summed E-state index contributed by atoms with van der Waals surface area (Å²) in [5.41, 5.74) is 4.12. The van der Waals surface area contributed by atoms with E-state index >= 15 is 0 Å². The van der Waals surface area contributed by atoms with Gasteiger partial charge in [-0.3, -0.25) is 9.59 Å². The molecule has 0 radical (unpaired) electrons. The van der Waals surface area contributed by atoms with Gasteiger partial charge in [0, 0.05) is 56.2 Å². The van der Waals surface area contributed by atoms with Crippen LogP contribution in [0.5, 0.6) is 0 Å². The Morgan fingerprint density at radius 3 is 2.69 bits per heavy atom. The molecule has 5 nitrogen and oxygen atoms in total. The van der Waals surface area contributed by atoms with Crippen molar-refractivity contribution in [2.24, 2.45) is 0 Å². The smallest absolute Gasteiger partial charge is 0.227 e. The number of Topliss-reactive ketones (excluding diaryl/α,β-unsaturated/α-hetero) is 1. The van der Waals surface area contributed by atoms with E-state index in [1.807, 2.05) is 11.9 Å². The van der Waals surface area contributed by atoms with Crippen LogP contribution in [-0.4, -0.2) is 47.5 Å². The summed E-state index contributed by atoms with van der Waals surface area (Å²) < 4.78 is 7.72. The van der Waals surface area contributed by atoms with Crippen LogP contribution in [0.4, 0.5) is 0 Å². The van der Waals surface area contributed by atoms with Crippen LogP contribution in [0.25, 0.3) is 0 Å². The molecule has 1 aromatic rings. The van der Waals surface area contributed by atoms with E-state index in [-0.39, 0.29) is 17.7 Å². The molecule has 0 aromatic carbocycles. The Bertz CT molecular complexity index is 671. The molecule has 0 saturated carbocycles. The third-order valence-electron chi connectivity index (χ3n) is 6.05. The van der Waals surface area contributed by atoms with Crippen molar-refractivity contribution in [3.8, 4) is 0 Å². The van der Waals surface area contributed by atoms with Crippen LogP contribution in [-0.2, 0) is 28.9 Å². The Kier molecular flexibility index (Phi) is 6.17. The number of hydrogen-bond acceptors (Lipinski definition) is 3. The summed E-state index contributed by atoms with van der Waals surface area (Å²) in [5.74, 6) is 0.343. The molecule has 0 N–H and O–H groups in total. The van der Waals surface area contributed by atoms with Crippen LogP contribution in [0.3, 0.4) is 0 Å². The number of ether oxygens (including phenoxy) is 1. The Hall–Kier alpha value is -1.62. The Morgan fingerprint density at radius 2 is 2.00 bits per heavy atom. The number of nitrogens with zero attached hydrogens (tertiary/aromatic N) is 2. The average molecular weight is 360 g/mol. The fourth-order valence-corrected chi connectivity index (χ4v) is 4.37. The number of aromatic nitrogens is 1. The van der Waals surface area contributed by atoms with Gasteiger partial charge in [0.05, 0.1) is 6.42 Å². The highest BCUT2D eigenvalue weighted by Gasteiger charge is 2.30. The number of ketones is 1. The highest BCUT2D eigenvalue weighted by Crippen LogP contribution is 2.31. The molecule has 0 spiro atoms. The maximum atomic E-state index is 12.9. The lowest BCUT2D eigenvalue weighted by molar-refractivity contribution is -0.132. The molecule has 2 aliphatic rings. The summed E-state index contributed by atoms with van der Waals surface area (Å²) >= 11 is 0. The summed E-state index contributed by atoms with van der Waals surface area (Å²) in [7, 11) is 1.90. The van der Waals surface area contributed by atoms with Crippen molar-refractivity contribution >= 4 is 11.7 Å². The predicted octanol–water partition coefficient (Wildman–Crippen LogP) is 3.30. The number of hydrogen-bond donors (Lipinski definition) is 0. The number of carbonyl (C=O) groups is 2. The van der Waals surface area contributed by atoms with E-state index in [1.165, 1.54) is 5.69 Å². The van der Waals surface area contributed by atoms with Gasteiger partial charge in [-0.05, 0) is 44.6 Å². The zero-order chi connectivity index (χ0) is 18.7. The molecule has 2 heterocycles. The minimum atomic E-state index is 0.119. The molecular weight excluding hydrogens is 328 g/mol. The molecule has 1 aliphatic carbocycles. The van der Waals surface area contributed by atoms with Crippen LogP contribution < -0.4 is 0 Å². The Labute approximate surface area is 156 Å². The number of likely N-dealkylation sites (N-methyl/N-ethyl adjacent to an activating group) is 1. The molecule has 1 fully saturated rings. The first-order valence-electron chi connectivity index (χ1n) is 10.1. The minimum absolute atomic E-state index is 0.119. The van der Waals surface area contributed by atoms with Gasteiger partial charge in [-0.2, -0.15) is 0 Å². The first-order valence-corrected chi connectivity index (χ1v) is 10.1. The van der Waals surface area contributed by atoms with Gasteiger partial charge in [0.2, 0.25) is 5.91 Å². The Balaban J connectivity index is 1.85. The van der Waals surface area contributed by atoms with E-state index in [4.69, 9.17) is 4.74 Å². The summed E-state index contributed by atoms with van der Waals surface area (Å²) in [6.45, 7) is 6.66. The third-order valence-corrected chi connectivity index (χ3v) is 6.05. The predicted molar refractivity (Wildman–Crippen MR) is 102 cm³/mol. The summed E-state index contributed by atoms with van der Waals surface area (Å²) in [4.78, 5) is 27.5. The van der Waals surface area contributed by atoms with Gasteiger partial charge < -0.3 is 14.2 Å². The number of rotatable bonds is 6. The fraction of sp³-hybridized carbons (Fsp3) is 0.714. The van der Waals surface area contributed by atoms with Crippen molar-refractivity contribution in [2.45, 2.75) is 77.8 Å². The van der Waals surface area contributed by atoms with Gasteiger partial charge >= 0.3 is 0 Å². The molecule has 0 atom stereocenters. The lowest BCUT2D eigenvalue weighted by atomic mass is 9.91. The summed E-state index contributed by atoms with van der Waals surface area (Å²) in [6.07, 6.45) is 6.86. The fourth-order valence-electron chi connectivity index (χ4n) is 4.37. The maximum Gasteiger partial charge on any atom is 0.227 e. The van der Waals surface area contributed by atoms with Crippen molar-refractivity contribution in [3.05, 3.63) is 22.5 Å². The van der Waals surface area contributed by atoms with Gasteiger partial charge in [-0.25, -0.2) is 0 Å². The molecule has 5 heteroatoms. The van der Waals surface area contributed by atoms with Gasteiger partial charge in [-0.1, -0.05) is 13.3 Å². The van der Waals surface area contributed by atoms with E-state index in [0.29, 0.717) is 12.8 Å². The van der Waals surface area contributed by atoms with Crippen molar-refractivity contribution < 1.29 is 14.3 Å². The third kappa shape index (κ3) is 3.73. The number of amides is 1. The standard InChI is InChI=1S/C21H32N2O3/c1-4-5-11-23-15(2)17(21-18(23)7-6-8-19(21)24)14-20(25)22(3)16-9-12-26-13-10-16/h16H,4-14H2,1-3H3. The van der Waals surface area contributed by atoms with Gasteiger partial charge in [0.25, 0.3) is 0 Å². The largest absolute Gasteiger partial charge is 0.381 e. The van der Waals surface area contributed by atoms with Crippen LogP contribution in [0.2, 0.25) is 0 Å². The van der Waals surface area contributed by atoms with E-state index in [2.05, 4.69) is 18.4 Å². The van der Waals surface area contributed by atoms with E-state index in [1.54, 1.807) is 0 Å². The van der Waals surface area contributed by atoms with E-state index in [9.17, 15) is 9.59 Å². The Morgan fingerprint density at radius 1 is 1.27 bits per heavy atom. The van der Waals surface area contributed by atoms with Crippen LogP contribution in [0.1, 0.15) is 72.8 Å². The number of carbonyl (C=O) groups excluding carboxylic acids is 2. The molecule has 0 unspecified atom stereocenters. The topological polar surface area (TPSA) is 51.5 Å². The molecule has 144 valence electrons. The molecule has 1 amide bonds. The zero-order valence-electron chi connectivity index (χ0n) is 16.5. The second-order valence-corrected chi connectivity index (χ2v) is 7.69. The summed E-state index contributed by atoms with van der Waals surface area (Å²) in [6, 6.07) is 0.255. The van der Waals surface area contributed by atoms with Crippen LogP contribution in [0, 0.1) is 6.92 Å². The van der Waals surface area contributed by atoms with Gasteiger partial charge in [0.1, 0.15) is 0 Å². The number of fused-ring (bicyclic) bond motifs is 1. The van der Waals surface area contributed by atoms with Crippen LogP contribution >= 0.6 is 0 Å². The quantitative estimate of drug-likeness (QED) is 0.782. The maximum absolute atomic E-state index is 12.9. The van der Waals surface area contributed by atoms with Crippen molar-refractivity contribution in [3.63, 3.8) is 0 Å². The normalized spacial score (nSPS) is 18.0. The lowest BCUT2D eigenvalue weighted by Crippen LogP contribution is -2.41. The monoisotopic (exact) mass is 360 g/mol. The van der Waals surface area contributed by atoms with Gasteiger partial charge in [0.15, 0.2) is 5.78 Å². The first kappa shape index (κ1) is 19.2. The molecule has 1 saturated heterocycles. The zero-order valence-corrected chi connectivity index (χ0v) is 16.5. The minimum Gasteiger partial charge on any atom is -0.381 e. The van der Waals surface area contributed by atoms with Crippen molar-refractivity contribution in [1.82, 2.24) is 9.47 Å². The van der Waals surface area contributed by atoms with E-state index < -0.39 is 0 Å².